The van der Waals surface area contributed by atoms with Gasteiger partial charge in [0.2, 0.25) is 0 Å². The number of benzene rings is 1. The van der Waals surface area contributed by atoms with Crippen molar-refractivity contribution in [3.05, 3.63) is 28.8 Å². The SMILES string of the molecule is CCOc1c(C)ccc(C)c1C. The monoisotopic (exact) mass is 164 g/mol. The van der Waals surface area contributed by atoms with E-state index in [4.69, 9.17) is 4.74 Å². The van der Waals surface area contributed by atoms with Gasteiger partial charge in [0, 0.05) is 0 Å². The van der Waals surface area contributed by atoms with Crippen molar-refractivity contribution < 1.29 is 4.74 Å². The lowest BCUT2D eigenvalue weighted by atomic mass is 10.1. The standard InChI is InChI=1S/C11H16O/c1-5-12-11-9(3)7-6-8(2)10(11)4/h6-7H,5H2,1-4H3. The molecule has 12 heavy (non-hydrogen) atoms. The average Bonchev–Trinajstić information content (AvgIpc) is 2.06. The molecule has 0 spiro atoms. The molecule has 66 valence electrons. The minimum Gasteiger partial charge on any atom is -0.493 e. The summed E-state index contributed by atoms with van der Waals surface area (Å²) in [4.78, 5) is 0. The molecule has 0 aliphatic carbocycles. The molecular weight excluding hydrogens is 148 g/mol. The van der Waals surface area contributed by atoms with Crippen molar-refractivity contribution in [2.24, 2.45) is 0 Å². The predicted molar refractivity (Wildman–Crippen MR) is 51.8 cm³/mol. The first-order chi connectivity index (χ1) is 5.66. The minimum absolute atomic E-state index is 0.741. The first-order valence-corrected chi connectivity index (χ1v) is 4.36. The summed E-state index contributed by atoms with van der Waals surface area (Å²) in [5, 5.41) is 0. The fraction of sp³-hybridized carbons (Fsp3) is 0.455. The van der Waals surface area contributed by atoms with Crippen LogP contribution in [-0.2, 0) is 0 Å². The van der Waals surface area contributed by atoms with Crippen molar-refractivity contribution in [1.82, 2.24) is 0 Å². The van der Waals surface area contributed by atoms with Gasteiger partial charge in [0.15, 0.2) is 0 Å². The van der Waals surface area contributed by atoms with E-state index in [1.54, 1.807) is 0 Å². The van der Waals surface area contributed by atoms with Crippen LogP contribution in [0.3, 0.4) is 0 Å². The lowest BCUT2D eigenvalue weighted by molar-refractivity contribution is 0.335. The van der Waals surface area contributed by atoms with E-state index in [0.717, 1.165) is 12.4 Å². The molecule has 0 radical (unpaired) electrons. The van der Waals surface area contributed by atoms with Crippen LogP contribution in [0.4, 0.5) is 0 Å². The number of hydrogen-bond acceptors (Lipinski definition) is 1. The normalized spacial score (nSPS) is 10.0. The van der Waals surface area contributed by atoms with E-state index in [-0.39, 0.29) is 0 Å². The van der Waals surface area contributed by atoms with Crippen LogP contribution in [0.5, 0.6) is 5.75 Å². The Bertz CT molecular complexity index is 277. The molecule has 0 aliphatic rings. The third-order valence-electron chi connectivity index (χ3n) is 2.16. The lowest BCUT2D eigenvalue weighted by Crippen LogP contribution is -1.97. The summed E-state index contributed by atoms with van der Waals surface area (Å²) in [7, 11) is 0. The first-order valence-electron chi connectivity index (χ1n) is 4.36. The Labute approximate surface area is 74.4 Å². The second kappa shape index (κ2) is 3.61. The lowest BCUT2D eigenvalue weighted by Gasteiger charge is -2.11. The van der Waals surface area contributed by atoms with Crippen LogP contribution >= 0.6 is 0 Å². The number of ether oxygens (including phenoxy) is 1. The summed E-state index contributed by atoms with van der Waals surface area (Å²) in [6.45, 7) is 9.05. The van der Waals surface area contributed by atoms with Crippen molar-refractivity contribution in [1.29, 1.82) is 0 Å². The molecular formula is C11H16O. The predicted octanol–water partition coefficient (Wildman–Crippen LogP) is 3.01. The quantitative estimate of drug-likeness (QED) is 0.653. The Balaban J connectivity index is 3.14. The summed E-state index contributed by atoms with van der Waals surface area (Å²) in [6.07, 6.45) is 0. The third-order valence-corrected chi connectivity index (χ3v) is 2.16. The molecule has 1 aromatic rings. The second-order valence-corrected chi connectivity index (χ2v) is 3.09. The van der Waals surface area contributed by atoms with Gasteiger partial charge in [-0.2, -0.15) is 0 Å². The maximum atomic E-state index is 5.55. The van der Waals surface area contributed by atoms with E-state index in [2.05, 4.69) is 32.9 Å². The smallest absolute Gasteiger partial charge is 0.125 e. The van der Waals surface area contributed by atoms with Gasteiger partial charge in [0.05, 0.1) is 6.61 Å². The number of hydrogen-bond donors (Lipinski definition) is 0. The summed E-state index contributed by atoms with van der Waals surface area (Å²) in [5.74, 6) is 1.05. The van der Waals surface area contributed by atoms with Crippen LogP contribution in [0.1, 0.15) is 23.6 Å². The second-order valence-electron chi connectivity index (χ2n) is 3.09. The largest absolute Gasteiger partial charge is 0.493 e. The van der Waals surface area contributed by atoms with Crippen molar-refractivity contribution in [2.75, 3.05) is 6.61 Å². The molecule has 1 nitrogen and oxygen atoms in total. The molecule has 0 bridgehead atoms. The fourth-order valence-electron chi connectivity index (χ4n) is 1.29. The zero-order chi connectivity index (χ0) is 9.14. The number of aryl methyl sites for hydroxylation is 2. The van der Waals surface area contributed by atoms with Crippen LogP contribution in [-0.4, -0.2) is 6.61 Å². The Hall–Kier alpha value is -0.980. The molecule has 1 rings (SSSR count). The van der Waals surface area contributed by atoms with Gasteiger partial charge in [-0.3, -0.25) is 0 Å². The highest BCUT2D eigenvalue weighted by Gasteiger charge is 2.04. The molecule has 0 unspecified atom stereocenters. The number of rotatable bonds is 2. The molecule has 0 heterocycles. The summed E-state index contributed by atoms with van der Waals surface area (Å²) in [6, 6.07) is 4.24. The molecule has 0 saturated heterocycles. The molecule has 0 fully saturated rings. The highest BCUT2D eigenvalue weighted by molar-refractivity contribution is 5.44. The van der Waals surface area contributed by atoms with Crippen LogP contribution in [0.2, 0.25) is 0 Å². The van der Waals surface area contributed by atoms with E-state index in [9.17, 15) is 0 Å². The van der Waals surface area contributed by atoms with E-state index < -0.39 is 0 Å². The van der Waals surface area contributed by atoms with E-state index in [1.165, 1.54) is 16.7 Å². The van der Waals surface area contributed by atoms with Crippen molar-refractivity contribution in [3.8, 4) is 5.75 Å². The van der Waals surface area contributed by atoms with Gasteiger partial charge in [-0.15, -0.1) is 0 Å². The molecule has 0 aromatic heterocycles. The van der Waals surface area contributed by atoms with Crippen LogP contribution in [0.25, 0.3) is 0 Å². The zero-order valence-electron chi connectivity index (χ0n) is 8.27. The fourth-order valence-corrected chi connectivity index (χ4v) is 1.29. The van der Waals surface area contributed by atoms with Gasteiger partial charge < -0.3 is 4.74 Å². The van der Waals surface area contributed by atoms with Gasteiger partial charge >= 0.3 is 0 Å². The zero-order valence-corrected chi connectivity index (χ0v) is 8.27. The Kier molecular flexibility index (Phi) is 2.74. The van der Waals surface area contributed by atoms with Crippen LogP contribution in [0, 0.1) is 20.8 Å². The van der Waals surface area contributed by atoms with Gasteiger partial charge in [0.25, 0.3) is 0 Å². The van der Waals surface area contributed by atoms with Crippen LogP contribution in [0.15, 0.2) is 12.1 Å². The van der Waals surface area contributed by atoms with Crippen molar-refractivity contribution >= 4 is 0 Å². The van der Waals surface area contributed by atoms with Gasteiger partial charge in [-0.1, -0.05) is 12.1 Å². The maximum Gasteiger partial charge on any atom is 0.125 e. The van der Waals surface area contributed by atoms with Crippen molar-refractivity contribution in [2.45, 2.75) is 27.7 Å². The highest BCUT2D eigenvalue weighted by atomic mass is 16.5. The summed E-state index contributed by atoms with van der Waals surface area (Å²) in [5.41, 5.74) is 3.78. The molecule has 1 aromatic carbocycles. The molecule has 0 amide bonds. The topological polar surface area (TPSA) is 9.23 Å². The van der Waals surface area contributed by atoms with E-state index >= 15 is 0 Å². The van der Waals surface area contributed by atoms with Gasteiger partial charge in [-0.25, -0.2) is 0 Å². The molecule has 0 saturated carbocycles. The highest BCUT2D eigenvalue weighted by Crippen LogP contribution is 2.25. The molecule has 1 heteroatoms. The molecule has 0 atom stereocenters. The van der Waals surface area contributed by atoms with E-state index in [0.29, 0.717) is 0 Å². The van der Waals surface area contributed by atoms with Crippen molar-refractivity contribution in [3.63, 3.8) is 0 Å². The van der Waals surface area contributed by atoms with Crippen LogP contribution < -0.4 is 4.74 Å². The summed E-state index contributed by atoms with van der Waals surface area (Å²) < 4.78 is 5.55. The molecule has 0 aliphatic heterocycles. The Morgan fingerprint density at radius 1 is 1.08 bits per heavy atom. The maximum absolute atomic E-state index is 5.55. The van der Waals surface area contributed by atoms with E-state index in [1.807, 2.05) is 6.92 Å². The Morgan fingerprint density at radius 2 is 1.67 bits per heavy atom. The molecule has 0 N–H and O–H groups in total. The average molecular weight is 164 g/mol. The third kappa shape index (κ3) is 1.60. The minimum atomic E-state index is 0.741. The van der Waals surface area contributed by atoms with Gasteiger partial charge in [-0.05, 0) is 44.4 Å². The summed E-state index contributed by atoms with van der Waals surface area (Å²) >= 11 is 0. The van der Waals surface area contributed by atoms with Gasteiger partial charge in [0.1, 0.15) is 5.75 Å². The first kappa shape index (κ1) is 9.11. The Morgan fingerprint density at radius 3 is 2.25 bits per heavy atom.